The number of halogens is 2. The largest absolute Gasteiger partial charge is 0.327 e. The second kappa shape index (κ2) is 10.2. The van der Waals surface area contributed by atoms with Crippen LogP contribution in [0.15, 0.2) is 48.5 Å². The number of hydrogen-bond acceptors (Lipinski definition) is 2. The number of nitrogens with one attached hydrogen (secondary N) is 1. The fraction of sp³-hybridized carbons (Fsp3) is 0.480. The minimum atomic E-state index is -0.459. The van der Waals surface area contributed by atoms with Gasteiger partial charge in [0, 0.05) is 19.6 Å². The quantitative estimate of drug-likeness (QED) is 0.732. The molecule has 0 aliphatic carbocycles. The molecule has 2 aliphatic heterocycles. The van der Waals surface area contributed by atoms with Gasteiger partial charge in [0.2, 0.25) is 0 Å². The normalized spacial score (nSPS) is 18.4. The molecule has 2 aliphatic rings. The SMILES string of the molecule is O=C(NC(c1ccc(F)cc1)c1ccc(F)cc1)N1CCC(CN2CCCCC2)CC1. The Morgan fingerprint density at radius 3 is 1.87 bits per heavy atom. The van der Waals surface area contributed by atoms with Crippen molar-refractivity contribution in [3.05, 3.63) is 71.3 Å². The Hall–Kier alpha value is -2.47. The molecule has 4 nitrogen and oxygen atoms in total. The number of piperidine rings is 2. The Morgan fingerprint density at radius 1 is 0.839 bits per heavy atom. The zero-order valence-corrected chi connectivity index (χ0v) is 17.9. The topological polar surface area (TPSA) is 35.6 Å². The van der Waals surface area contributed by atoms with Gasteiger partial charge in [-0.15, -0.1) is 0 Å². The second-order valence-corrected chi connectivity index (χ2v) is 8.78. The Balaban J connectivity index is 1.38. The summed E-state index contributed by atoms with van der Waals surface area (Å²) >= 11 is 0. The zero-order valence-electron chi connectivity index (χ0n) is 17.9. The van der Waals surface area contributed by atoms with Gasteiger partial charge in [-0.05, 0) is 80.1 Å². The number of likely N-dealkylation sites (tertiary alicyclic amines) is 2. The van der Waals surface area contributed by atoms with Gasteiger partial charge in [-0.2, -0.15) is 0 Å². The van der Waals surface area contributed by atoms with Crippen LogP contribution < -0.4 is 5.32 Å². The molecule has 0 saturated carbocycles. The third-order valence-electron chi connectivity index (χ3n) is 6.54. The van der Waals surface area contributed by atoms with Crippen molar-refractivity contribution < 1.29 is 13.6 Å². The van der Waals surface area contributed by atoms with E-state index in [1.165, 1.54) is 56.6 Å². The first-order valence-corrected chi connectivity index (χ1v) is 11.4. The van der Waals surface area contributed by atoms with Gasteiger partial charge in [0.05, 0.1) is 6.04 Å². The molecule has 0 atom stereocenters. The van der Waals surface area contributed by atoms with Crippen molar-refractivity contribution in [2.75, 3.05) is 32.7 Å². The summed E-state index contributed by atoms with van der Waals surface area (Å²) in [6.07, 6.45) is 5.98. The van der Waals surface area contributed by atoms with E-state index in [2.05, 4.69) is 10.2 Å². The Kier molecular flexibility index (Phi) is 7.17. The van der Waals surface area contributed by atoms with Crippen molar-refractivity contribution in [3.8, 4) is 0 Å². The van der Waals surface area contributed by atoms with Crippen LogP contribution in [0.2, 0.25) is 0 Å². The van der Waals surface area contributed by atoms with E-state index in [0.29, 0.717) is 5.92 Å². The fourth-order valence-electron chi connectivity index (χ4n) is 4.71. The average molecular weight is 428 g/mol. The summed E-state index contributed by atoms with van der Waals surface area (Å²) in [6, 6.07) is 11.6. The van der Waals surface area contributed by atoms with Crippen molar-refractivity contribution in [3.63, 3.8) is 0 Å². The fourth-order valence-corrected chi connectivity index (χ4v) is 4.71. The van der Waals surface area contributed by atoms with Gasteiger partial charge in [-0.3, -0.25) is 0 Å². The van der Waals surface area contributed by atoms with Crippen LogP contribution in [0.3, 0.4) is 0 Å². The second-order valence-electron chi connectivity index (χ2n) is 8.78. The lowest BCUT2D eigenvalue weighted by molar-refractivity contribution is 0.136. The summed E-state index contributed by atoms with van der Waals surface area (Å²) in [5.74, 6) is -0.0143. The van der Waals surface area contributed by atoms with Gasteiger partial charge in [0.15, 0.2) is 0 Å². The van der Waals surface area contributed by atoms with E-state index in [1.807, 2.05) is 4.90 Å². The van der Waals surface area contributed by atoms with E-state index >= 15 is 0 Å². The van der Waals surface area contributed by atoms with Gasteiger partial charge in [0.25, 0.3) is 0 Å². The first kappa shape index (κ1) is 21.8. The minimum Gasteiger partial charge on any atom is -0.327 e. The molecule has 0 aromatic heterocycles. The molecule has 0 bridgehead atoms. The molecule has 2 amide bonds. The van der Waals surface area contributed by atoms with E-state index in [4.69, 9.17) is 0 Å². The predicted octanol–water partition coefficient (Wildman–Crippen LogP) is 4.96. The van der Waals surface area contributed by atoms with Gasteiger partial charge in [-0.1, -0.05) is 30.7 Å². The maximum atomic E-state index is 13.4. The van der Waals surface area contributed by atoms with E-state index < -0.39 is 6.04 Å². The molecule has 2 aromatic carbocycles. The Bertz CT molecular complexity index is 797. The molecule has 2 fully saturated rings. The number of urea groups is 1. The first-order valence-electron chi connectivity index (χ1n) is 11.4. The predicted molar refractivity (Wildman–Crippen MR) is 118 cm³/mol. The number of carbonyl (C=O) groups is 1. The third-order valence-corrected chi connectivity index (χ3v) is 6.54. The first-order chi connectivity index (χ1) is 15.1. The molecule has 166 valence electrons. The summed E-state index contributed by atoms with van der Waals surface area (Å²) in [5.41, 5.74) is 1.53. The molecule has 4 rings (SSSR count). The highest BCUT2D eigenvalue weighted by Gasteiger charge is 2.27. The van der Waals surface area contributed by atoms with Crippen LogP contribution >= 0.6 is 0 Å². The summed E-state index contributed by atoms with van der Waals surface area (Å²) in [6.45, 7) is 5.03. The van der Waals surface area contributed by atoms with Gasteiger partial charge in [-0.25, -0.2) is 13.6 Å². The molecule has 2 saturated heterocycles. The highest BCUT2D eigenvalue weighted by molar-refractivity contribution is 5.75. The van der Waals surface area contributed by atoms with E-state index in [9.17, 15) is 13.6 Å². The molecule has 2 aromatic rings. The van der Waals surface area contributed by atoms with E-state index in [-0.39, 0.29) is 17.7 Å². The number of nitrogens with zero attached hydrogens (tertiary/aromatic N) is 2. The van der Waals surface area contributed by atoms with Crippen LogP contribution in [0.25, 0.3) is 0 Å². The van der Waals surface area contributed by atoms with Crippen molar-refractivity contribution >= 4 is 6.03 Å². The highest BCUT2D eigenvalue weighted by Crippen LogP contribution is 2.25. The summed E-state index contributed by atoms with van der Waals surface area (Å²) in [5, 5.41) is 3.09. The van der Waals surface area contributed by atoms with Crippen LogP contribution in [0, 0.1) is 17.6 Å². The molecular formula is C25H31F2N3O. The van der Waals surface area contributed by atoms with Crippen molar-refractivity contribution in [1.29, 1.82) is 0 Å². The van der Waals surface area contributed by atoms with Crippen LogP contribution in [-0.4, -0.2) is 48.6 Å². The lowest BCUT2D eigenvalue weighted by atomic mass is 9.95. The highest BCUT2D eigenvalue weighted by atomic mass is 19.1. The number of amides is 2. The average Bonchev–Trinajstić information content (AvgIpc) is 2.80. The molecule has 1 N–H and O–H groups in total. The Morgan fingerprint density at radius 2 is 1.35 bits per heavy atom. The van der Waals surface area contributed by atoms with Crippen LogP contribution in [-0.2, 0) is 0 Å². The number of benzene rings is 2. The summed E-state index contributed by atoms with van der Waals surface area (Å²) < 4.78 is 26.8. The lowest BCUT2D eigenvalue weighted by Crippen LogP contribution is -2.47. The molecule has 0 unspecified atom stereocenters. The van der Waals surface area contributed by atoms with E-state index in [1.54, 1.807) is 24.3 Å². The molecule has 6 heteroatoms. The zero-order chi connectivity index (χ0) is 21.6. The van der Waals surface area contributed by atoms with E-state index in [0.717, 1.165) is 43.6 Å². The number of rotatable bonds is 5. The lowest BCUT2D eigenvalue weighted by Gasteiger charge is -2.36. The molecule has 0 radical (unpaired) electrons. The molecule has 2 heterocycles. The van der Waals surface area contributed by atoms with Crippen molar-refractivity contribution in [1.82, 2.24) is 15.1 Å². The molecule has 31 heavy (non-hydrogen) atoms. The maximum Gasteiger partial charge on any atom is 0.318 e. The monoisotopic (exact) mass is 427 g/mol. The minimum absolute atomic E-state index is 0.130. The number of hydrogen-bond donors (Lipinski definition) is 1. The Labute approximate surface area is 183 Å². The van der Waals surface area contributed by atoms with Gasteiger partial charge < -0.3 is 15.1 Å². The standard InChI is InChI=1S/C25H31F2N3O/c26-22-8-4-20(5-9-22)24(21-6-10-23(27)11-7-21)28-25(31)30-16-12-19(13-17-30)18-29-14-2-1-3-15-29/h4-11,19,24H,1-3,12-18H2,(H,28,31). The third kappa shape index (κ3) is 5.82. The molecule has 0 spiro atoms. The van der Waals surface area contributed by atoms with Gasteiger partial charge in [0.1, 0.15) is 11.6 Å². The summed E-state index contributed by atoms with van der Waals surface area (Å²) in [4.78, 5) is 17.5. The maximum absolute atomic E-state index is 13.4. The van der Waals surface area contributed by atoms with Crippen LogP contribution in [0.5, 0.6) is 0 Å². The van der Waals surface area contributed by atoms with Crippen molar-refractivity contribution in [2.24, 2.45) is 5.92 Å². The smallest absolute Gasteiger partial charge is 0.318 e. The number of carbonyl (C=O) groups excluding carboxylic acids is 1. The van der Waals surface area contributed by atoms with Crippen LogP contribution in [0.4, 0.5) is 13.6 Å². The van der Waals surface area contributed by atoms with Gasteiger partial charge >= 0.3 is 6.03 Å². The van der Waals surface area contributed by atoms with Crippen LogP contribution in [0.1, 0.15) is 49.3 Å². The summed E-state index contributed by atoms with van der Waals surface area (Å²) in [7, 11) is 0. The molecular weight excluding hydrogens is 396 g/mol. The van der Waals surface area contributed by atoms with Crippen molar-refractivity contribution in [2.45, 2.75) is 38.1 Å².